The fourth-order valence-corrected chi connectivity index (χ4v) is 2.81. The van der Waals surface area contributed by atoms with Gasteiger partial charge in [0.05, 0.1) is 10.5 Å². The van der Waals surface area contributed by atoms with Gasteiger partial charge >= 0.3 is 6.18 Å². The van der Waals surface area contributed by atoms with E-state index in [4.69, 9.17) is 11.0 Å². The molecule has 21 heavy (non-hydrogen) atoms. The number of nitrogens with zero attached hydrogens (tertiary/aromatic N) is 1. The number of halogens is 3. The van der Waals surface area contributed by atoms with Crippen LogP contribution in [-0.2, 0) is 10.0 Å². The van der Waals surface area contributed by atoms with E-state index < -0.39 is 22.6 Å². The topological polar surface area (TPSA) is 96.0 Å². The largest absolute Gasteiger partial charge is 0.399 e. The number of sulfonamides is 1. The zero-order valence-corrected chi connectivity index (χ0v) is 11.8. The summed E-state index contributed by atoms with van der Waals surface area (Å²) >= 11 is 0. The van der Waals surface area contributed by atoms with E-state index in [1.165, 1.54) is 18.2 Å². The molecule has 0 bridgehead atoms. The van der Waals surface area contributed by atoms with Crippen LogP contribution in [0.15, 0.2) is 23.1 Å². The van der Waals surface area contributed by atoms with Crippen molar-refractivity contribution in [1.29, 1.82) is 5.26 Å². The Bertz CT molecular complexity index is 636. The van der Waals surface area contributed by atoms with Gasteiger partial charge in [0.2, 0.25) is 10.0 Å². The lowest BCUT2D eigenvalue weighted by atomic mass is 10.2. The molecular formula is C12H14F3N3O2S. The third-order valence-electron chi connectivity index (χ3n) is 2.59. The van der Waals surface area contributed by atoms with E-state index >= 15 is 0 Å². The smallest absolute Gasteiger partial charge is 0.389 e. The molecule has 0 atom stereocenters. The van der Waals surface area contributed by atoms with Gasteiger partial charge in [0.25, 0.3) is 0 Å². The van der Waals surface area contributed by atoms with Crippen molar-refractivity contribution >= 4 is 15.7 Å². The van der Waals surface area contributed by atoms with Crippen LogP contribution in [0.2, 0.25) is 0 Å². The Morgan fingerprint density at radius 3 is 2.52 bits per heavy atom. The SMILES string of the molecule is N#Cc1cc(N)ccc1S(=O)(=O)NCCCCC(F)(F)F. The number of rotatable bonds is 6. The van der Waals surface area contributed by atoms with Gasteiger partial charge in [-0.25, -0.2) is 13.1 Å². The van der Waals surface area contributed by atoms with E-state index in [1.807, 2.05) is 0 Å². The van der Waals surface area contributed by atoms with Gasteiger partial charge in [-0.15, -0.1) is 0 Å². The quantitative estimate of drug-likeness (QED) is 0.620. The van der Waals surface area contributed by atoms with E-state index in [2.05, 4.69) is 4.72 Å². The number of nitrogens with one attached hydrogen (secondary N) is 1. The standard InChI is InChI=1S/C12H14F3N3O2S/c13-12(14,15)5-1-2-6-18-21(19,20)11-4-3-10(17)7-9(11)8-16/h3-4,7,18H,1-2,5-6,17H2. The molecule has 1 aromatic carbocycles. The number of hydrogen-bond acceptors (Lipinski definition) is 4. The van der Waals surface area contributed by atoms with Crippen LogP contribution in [0.25, 0.3) is 0 Å². The van der Waals surface area contributed by atoms with Crippen LogP contribution in [0.3, 0.4) is 0 Å². The molecule has 116 valence electrons. The molecule has 0 saturated carbocycles. The normalized spacial score (nSPS) is 12.1. The molecule has 0 fully saturated rings. The van der Waals surface area contributed by atoms with Gasteiger partial charge in [-0.05, 0) is 31.0 Å². The van der Waals surface area contributed by atoms with E-state index in [-0.39, 0.29) is 35.5 Å². The summed E-state index contributed by atoms with van der Waals surface area (Å²) in [5.74, 6) is 0. The molecule has 0 aliphatic heterocycles. The van der Waals surface area contributed by atoms with Crippen LogP contribution >= 0.6 is 0 Å². The molecule has 0 amide bonds. The fraction of sp³-hybridized carbons (Fsp3) is 0.417. The predicted octanol–water partition coefficient (Wildman–Crippen LogP) is 2.15. The molecular weight excluding hydrogens is 307 g/mol. The zero-order valence-electron chi connectivity index (χ0n) is 10.9. The number of hydrogen-bond donors (Lipinski definition) is 2. The van der Waals surface area contributed by atoms with Crippen molar-refractivity contribution < 1.29 is 21.6 Å². The van der Waals surface area contributed by atoms with Crippen LogP contribution in [-0.4, -0.2) is 21.1 Å². The molecule has 5 nitrogen and oxygen atoms in total. The lowest BCUT2D eigenvalue weighted by Crippen LogP contribution is -2.25. The maximum absolute atomic E-state index is 12.0. The van der Waals surface area contributed by atoms with Gasteiger partial charge < -0.3 is 5.73 Å². The molecule has 1 aromatic rings. The van der Waals surface area contributed by atoms with Crippen molar-refractivity contribution in [3.05, 3.63) is 23.8 Å². The summed E-state index contributed by atoms with van der Waals surface area (Å²) in [7, 11) is -3.95. The Morgan fingerprint density at radius 2 is 1.95 bits per heavy atom. The van der Waals surface area contributed by atoms with Crippen molar-refractivity contribution in [3.8, 4) is 6.07 Å². The maximum atomic E-state index is 12.0. The summed E-state index contributed by atoms with van der Waals surface area (Å²) < 4.78 is 61.9. The number of unbranched alkanes of at least 4 members (excludes halogenated alkanes) is 1. The molecule has 0 saturated heterocycles. The van der Waals surface area contributed by atoms with Crippen LogP contribution in [0.4, 0.5) is 18.9 Å². The van der Waals surface area contributed by atoms with E-state index in [0.29, 0.717) is 0 Å². The minimum absolute atomic E-state index is 0.0512. The second kappa shape index (κ2) is 6.78. The molecule has 0 radical (unpaired) electrons. The highest BCUT2D eigenvalue weighted by molar-refractivity contribution is 7.89. The fourth-order valence-electron chi connectivity index (χ4n) is 1.60. The molecule has 0 unspecified atom stereocenters. The third kappa shape index (κ3) is 5.61. The van der Waals surface area contributed by atoms with Crippen molar-refractivity contribution in [2.24, 2.45) is 0 Å². The number of anilines is 1. The lowest BCUT2D eigenvalue weighted by molar-refractivity contribution is -0.135. The van der Waals surface area contributed by atoms with Crippen LogP contribution in [0.5, 0.6) is 0 Å². The first-order valence-corrected chi connectivity index (χ1v) is 7.50. The molecule has 0 aliphatic rings. The highest BCUT2D eigenvalue weighted by atomic mass is 32.2. The Kier molecular flexibility index (Phi) is 5.57. The molecule has 1 rings (SSSR count). The van der Waals surface area contributed by atoms with E-state index in [1.54, 1.807) is 6.07 Å². The molecule has 0 heterocycles. The third-order valence-corrected chi connectivity index (χ3v) is 4.11. The number of nitriles is 1. The highest BCUT2D eigenvalue weighted by Gasteiger charge is 2.26. The minimum atomic E-state index is -4.25. The zero-order chi connectivity index (χ0) is 16.1. The Morgan fingerprint density at radius 1 is 1.29 bits per heavy atom. The van der Waals surface area contributed by atoms with Gasteiger partial charge in [-0.1, -0.05) is 0 Å². The summed E-state index contributed by atoms with van der Waals surface area (Å²) in [6, 6.07) is 5.46. The van der Waals surface area contributed by atoms with Crippen LogP contribution in [0, 0.1) is 11.3 Å². The molecule has 3 N–H and O–H groups in total. The first-order valence-electron chi connectivity index (χ1n) is 6.02. The number of nitrogen functional groups attached to an aromatic ring is 1. The van der Waals surface area contributed by atoms with Gasteiger partial charge in [0.1, 0.15) is 6.07 Å². The van der Waals surface area contributed by atoms with Gasteiger partial charge in [0.15, 0.2) is 0 Å². The first kappa shape index (κ1) is 17.3. The number of nitrogens with two attached hydrogens (primary N) is 1. The highest BCUT2D eigenvalue weighted by Crippen LogP contribution is 2.22. The molecule has 0 spiro atoms. The monoisotopic (exact) mass is 321 g/mol. The lowest BCUT2D eigenvalue weighted by Gasteiger charge is -2.09. The van der Waals surface area contributed by atoms with Crippen molar-refractivity contribution in [3.63, 3.8) is 0 Å². The minimum Gasteiger partial charge on any atom is -0.399 e. The van der Waals surface area contributed by atoms with Crippen molar-refractivity contribution in [2.75, 3.05) is 12.3 Å². The van der Waals surface area contributed by atoms with Gasteiger partial charge in [-0.3, -0.25) is 0 Å². The summed E-state index contributed by atoms with van der Waals surface area (Å²) in [6.45, 7) is -0.131. The van der Waals surface area contributed by atoms with Crippen molar-refractivity contribution in [1.82, 2.24) is 4.72 Å². The second-order valence-electron chi connectivity index (χ2n) is 4.34. The number of benzene rings is 1. The van der Waals surface area contributed by atoms with Crippen LogP contribution < -0.4 is 10.5 Å². The average Bonchev–Trinajstić information content (AvgIpc) is 2.36. The maximum Gasteiger partial charge on any atom is 0.389 e. The summed E-state index contributed by atoms with van der Waals surface area (Å²) in [6.07, 6.45) is -5.32. The average molecular weight is 321 g/mol. The Labute approximate surface area is 120 Å². The second-order valence-corrected chi connectivity index (χ2v) is 6.07. The summed E-state index contributed by atoms with van der Waals surface area (Å²) in [4.78, 5) is -0.241. The summed E-state index contributed by atoms with van der Waals surface area (Å²) in [5.41, 5.74) is 5.59. The molecule has 0 aliphatic carbocycles. The van der Waals surface area contributed by atoms with Crippen molar-refractivity contribution in [2.45, 2.75) is 30.3 Å². The first-order chi connectivity index (χ1) is 9.65. The van der Waals surface area contributed by atoms with E-state index in [9.17, 15) is 21.6 Å². The van der Waals surface area contributed by atoms with Crippen LogP contribution in [0.1, 0.15) is 24.8 Å². The predicted molar refractivity (Wildman–Crippen MR) is 70.7 cm³/mol. The van der Waals surface area contributed by atoms with Gasteiger partial charge in [-0.2, -0.15) is 18.4 Å². The number of alkyl halides is 3. The van der Waals surface area contributed by atoms with E-state index in [0.717, 1.165) is 0 Å². The Hall–Kier alpha value is -1.79. The molecule has 0 aromatic heterocycles. The Balaban J connectivity index is 2.65. The van der Waals surface area contributed by atoms with Gasteiger partial charge in [0, 0.05) is 18.7 Å². The summed E-state index contributed by atoms with van der Waals surface area (Å²) in [5, 5.41) is 8.88. The molecule has 9 heteroatoms.